The van der Waals surface area contributed by atoms with Crippen LogP contribution in [0.2, 0.25) is 0 Å². The normalized spacial score (nSPS) is 18.6. The monoisotopic (exact) mass is 591 g/mol. The van der Waals surface area contributed by atoms with Crippen LogP contribution in [-0.4, -0.2) is 4.57 Å². The molecule has 2 unspecified atom stereocenters. The van der Waals surface area contributed by atoms with Crippen LogP contribution in [0.4, 0.5) is 0 Å². The Labute approximate surface area is 249 Å². The first-order valence-electron chi connectivity index (χ1n) is 14.4. The molecule has 0 N–H and O–H groups in total. The van der Waals surface area contributed by atoms with Crippen LogP contribution in [0.5, 0.6) is 0 Å². The molecule has 1 nitrogen and oxygen atoms in total. The largest absolute Gasteiger partial charge is 0.309 e. The molecule has 6 aromatic rings. The molecule has 2 heteroatoms. The molecule has 0 aliphatic heterocycles. The molecule has 2 aliphatic rings. The van der Waals surface area contributed by atoms with Crippen molar-refractivity contribution < 1.29 is 0 Å². The summed E-state index contributed by atoms with van der Waals surface area (Å²) < 4.78 is 3.55. The van der Waals surface area contributed by atoms with Crippen molar-refractivity contribution in [1.29, 1.82) is 0 Å². The molecule has 0 bridgehead atoms. The van der Waals surface area contributed by atoms with E-state index in [4.69, 9.17) is 0 Å². The zero-order valence-corrected chi connectivity index (χ0v) is 24.8. The van der Waals surface area contributed by atoms with E-state index in [2.05, 4.69) is 168 Å². The number of hydrogen-bond donors (Lipinski definition) is 0. The van der Waals surface area contributed by atoms with Crippen molar-refractivity contribution in [3.8, 4) is 27.9 Å². The first-order chi connectivity index (χ1) is 20.0. The third-order valence-electron chi connectivity index (χ3n) is 9.34. The lowest BCUT2D eigenvalue weighted by atomic mass is 9.74. The fourth-order valence-corrected chi connectivity index (χ4v) is 7.70. The number of hydrogen-bond acceptors (Lipinski definition) is 0. The molecular weight excluding hydrogens is 562 g/mol. The summed E-state index contributed by atoms with van der Waals surface area (Å²) in [7, 11) is 0. The first kappa shape index (κ1) is 24.6. The predicted octanol–water partition coefficient (Wildman–Crippen LogP) is 11.0. The minimum Gasteiger partial charge on any atom is -0.309 e. The summed E-state index contributed by atoms with van der Waals surface area (Å²) in [5, 5.41) is 2.57. The van der Waals surface area contributed by atoms with Crippen molar-refractivity contribution in [2.24, 2.45) is 5.92 Å². The average Bonchev–Trinajstić information content (AvgIpc) is 3.45. The smallest absolute Gasteiger partial charge is 0.0541 e. The molecule has 0 radical (unpaired) electrons. The number of fused-ring (bicyclic) bond motifs is 6. The molecule has 2 aliphatic carbocycles. The SMILES string of the molecule is CC1(C)c2ccc(-n3c4ccccc4c4cc(-c5cccc(-c6cccc(Br)c6)c5)ccc43)cc2C2C=CC=CC21. The molecule has 0 spiro atoms. The van der Waals surface area contributed by atoms with E-state index in [0.717, 1.165) is 4.47 Å². The fourth-order valence-electron chi connectivity index (χ4n) is 7.30. The highest BCUT2D eigenvalue weighted by Gasteiger charge is 2.44. The van der Waals surface area contributed by atoms with Crippen LogP contribution >= 0.6 is 15.9 Å². The predicted molar refractivity (Wildman–Crippen MR) is 177 cm³/mol. The topological polar surface area (TPSA) is 4.93 Å². The van der Waals surface area contributed by atoms with Crippen molar-refractivity contribution >= 4 is 37.7 Å². The average molecular weight is 593 g/mol. The lowest BCUT2D eigenvalue weighted by molar-refractivity contribution is 0.394. The van der Waals surface area contributed by atoms with Gasteiger partial charge in [0.1, 0.15) is 0 Å². The summed E-state index contributed by atoms with van der Waals surface area (Å²) in [5.74, 6) is 0.938. The number of benzene rings is 5. The van der Waals surface area contributed by atoms with E-state index >= 15 is 0 Å². The number of rotatable bonds is 3. The molecule has 0 saturated heterocycles. The highest BCUT2D eigenvalue weighted by atomic mass is 79.9. The molecule has 0 fully saturated rings. The molecule has 1 heterocycles. The Hall–Kier alpha value is -4.14. The zero-order valence-electron chi connectivity index (χ0n) is 23.2. The van der Waals surface area contributed by atoms with Gasteiger partial charge >= 0.3 is 0 Å². The summed E-state index contributed by atoms with van der Waals surface area (Å²) in [6, 6.07) is 40.3. The summed E-state index contributed by atoms with van der Waals surface area (Å²) in [4.78, 5) is 0. The van der Waals surface area contributed by atoms with Gasteiger partial charge in [-0.25, -0.2) is 0 Å². The second-order valence-corrected chi connectivity index (χ2v) is 12.9. The third-order valence-corrected chi connectivity index (χ3v) is 9.83. The highest BCUT2D eigenvalue weighted by molar-refractivity contribution is 9.10. The van der Waals surface area contributed by atoms with E-state index in [-0.39, 0.29) is 5.41 Å². The van der Waals surface area contributed by atoms with Gasteiger partial charge in [-0.3, -0.25) is 0 Å². The van der Waals surface area contributed by atoms with Gasteiger partial charge in [-0.1, -0.05) is 115 Å². The van der Waals surface area contributed by atoms with Crippen LogP contribution in [0.15, 0.2) is 138 Å². The Morgan fingerprint density at radius 3 is 2.15 bits per heavy atom. The van der Waals surface area contributed by atoms with Crippen LogP contribution in [0.3, 0.4) is 0 Å². The van der Waals surface area contributed by atoms with E-state index in [9.17, 15) is 0 Å². The molecule has 198 valence electrons. The van der Waals surface area contributed by atoms with Crippen molar-refractivity contribution in [2.45, 2.75) is 25.2 Å². The fraction of sp³-hybridized carbons (Fsp3) is 0.128. The Kier molecular flexibility index (Phi) is 5.52. The van der Waals surface area contributed by atoms with Crippen molar-refractivity contribution in [2.75, 3.05) is 0 Å². The Morgan fingerprint density at radius 2 is 1.32 bits per heavy atom. The molecule has 5 aromatic carbocycles. The summed E-state index contributed by atoms with van der Waals surface area (Å²) in [6.45, 7) is 4.79. The van der Waals surface area contributed by atoms with Gasteiger partial charge < -0.3 is 4.57 Å². The summed E-state index contributed by atoms with van der Waals surface area (Å²) in [5.41, 5.74) is 11.7. The Bertz CT molecular complexity index is 2050. The van der Waals surface area contributed by atoms with Gasteiger partial charge in [0, 0.05) is 26.9 Å². The zero-order chi connectivity index (χ0) is 27.7. The lowest BCUT2D eigenvalue weighted by Gasteiger charge is -2.29. The van der Waals surface area contributed by atoms with Crippen molar-refractivity contribution in [3.63, 3.8) is 0 Å². The molecule has 1 aromatic heterocycles. The number of nitrogens with zero attached hydrogens (tertiary/aromatic N) is 1. The summed E-state index contributed by atoms with van der Waals surface area (Å²) in [6.07, 6.45) is 9.22. The van der Waals surface area contributed by atoms with E-state index in [1.54, 1.807) is 0 Å². The van der Waals surface area contributed by atoms with Crippen LogP contribution in [0.25, 0.3) is 49.7 Å². The van der Waals surface area contributed by atoms with Gasteiger partial charge in [0.05, 0.1) is 11.0 Å². The molecule has 8 rings (SSSR count). The van der Waals surface area contributed by atoms with Crippen LogP contribution in [0.1, 0.15) is 30.9 Å². The number of aromatic nitrogens is 1. The number of allylic oxidation sites excluding steroid dienone is 4. The molecular formula is C39H30BrN. The maximum Gasteiger partial charge on any atom is 0.0541 e. The quantitative estimate of drug-likeness (QED) is 0.193. The van der Waals surface area contributed by atoms with Crippen LogP contribution in [0, 0.1) is 5.92 Å². The van der Waals surface area contributed by atoms with Gasteiger partial charge in [0.25, 0.3) is 0 Å². The molecule has 0 saturated carbocycles. The van der Waals surface area contributed by atoms with Crippen molar-refractivity contribution in [1.82, 2.24) is 4.57 Å². The number of halogens is 1. The first-order valence-corrected chi connectivity index (χ1v) is 15.2. The van der Waals surface area contributed by atoms with Gasteiger partial charge in [0.2, 0.25) is 0 Å². The molecule has 41 heavy (non-hydrogen) atoms. The standard InChI is InChI=1S/C39H30BrN/c1-39(2)35-15-5-3-13-31(35)33-24-30(18-19-36(33)39)41-37-16-6-4-14-32(37)34-23-28(17-20-38(34)41)26-10-7-9-25(21-26)27-11-8-12-29(40)22-27/h3-24,31,35H,1-2H3. The minimum absolute atomic E-state index is 0.125. The highest BCUT2D eigenvalue weighted by Crippen LogP contribution is 2.53. The second kappa shape index (κ2) is 9.19. The maximum atomic E-state index is 3.62. The van der Waals surface area contributed by atoms with Crippen LogP contribution in [-0.2, 0) is 5.41 Å². The Morgan fingerprint density at radius 1 is 0.610 bits per heavy atom. The van der Waals surface area contributed by atoms with Gasteiger partial charge in [-0.2, -0.15) is 0 Å². The second-order valence-electron chi connectivity index (χ2n) is 12.0. The maximum absolute atomic E-state index is 3.62. The van der Waals surface area contributed by atoms with Gasteiger partial charge in [-0.15, -0.1) is 0 Å². The van der Waals surface area contributed by atoms with Gasteiger partial charge in [-0.05, 0) is 93.2 Å². The van der Waals surface area contributed by atoms with E-state index in [0.29, 0.717) is 11.8 Å². The molecule has 2 atom stereocenters. The van der Waals surface area contributed by atoms with Crippen molar-refractivity contribution in [3.05, 3.63) is 149 Å². The van der Waals surface area contributed by atoms with Crippen LogP contribution < -0.4 is 0 Å². The van der Waals surface area contributed by atoms with Gasteiger partial charge in [0.15, 0.2) is 0 Å². The summed E-state index contributed by atoms with van der Waals surface area (Å²) >= 11 is 3.62. The van der Waals surface area contributed by atoms with E-state index < -0.39 is 0 Å². The van der Waals surface area contributed by atoms with E-state index in [1.807, 2.05) is 0 Å². The number of para-hydroxylation sites is 1. The Balaban J connectivity index is 1.28. The lowest BCUT2D eigenvalue weighted by Crippen LogP contribution is -2.24. The third kappa shape index (κ3) is 3.81. The minimum atomic E-state index is 0.125. The van der Waals surface area contributed by atoms with E-state index in [1.165, 1.54) is 60.9 Å². The molecule has 0 amide bonds.